The molecule has 3 amide bonds. The van der Waals surface area contributed by atoms with E-state index in [0.29, 0.717) is 6.42 Å². The number of nitrogens with one attached hydrogen (secondary N) is 1. The molecular formula is C19H25N3O2. The fourth-order valence-corrected chi connectivity index (χ4v) is 4.35. The van der Waals surface area contributed by atoms with Gasteiger partial charge in [0.15, 0.2) is 0 Å². The largest absolute Gasteiger partial charge is 0.325 e. The van der Waals surface area contributed by atoms with Gasteiger partial charge in [-0.05, 0) is 30.4 Å². The molecule has 5 heteroatoms. The molecule has 3 aliphatic rings. The molecular weight excluding hydrogens is 302 g/mol. The average molecular weight is 327 g/mol. The molecule has 1 saturated heterocycles. The molecule has 4 rings (SSSR count). The van der Waals surface area contributed by atoms with Crippen molar-refractivity contribution in [3.05, 3.63) is 35.4 Å². The van der Waals surface area contributed by atoms with Gasteiger partial charge in [0.05, 0.1) is 12.6 Å². The van der Waals surface area contributed by atoms with Gasteiger partial charge in [0.2, 0.25) is 5.91 Å². The standard InChI is InChI=1S/C19H25N3O2/c23-18-12-17(20-19(24)22(18)16-8-2-1-3-9-16)21-11-10-14-6-4-5-7-15(14)13-21/h4-7,16-17H,1-3,8-13H2,(H,20,24). The van der Waals surface area contributed by atoms with Gasteiger partial charge < -0.3 is 5.32 Å². The molecule has 5 nitrogen and oxygen atoms in total. The van der Waals surface area contributed by atoms with E-state index in [0.717, 1.165) is 45.2 Å². The van der Waals surface area contributed by atoms with E-state index in [1.165, 1.54) is 22.4 Å². The number of fused-ring (bicyclic) bond motifs is 1. The van der Waals surface area contributed by atoms with E-state index < -0.39 is 0 Å². The van der Waals surface area contributed by atoms with Crippen LogP contribution in [0.4, 0.5) is 4.79 Å². The lowest BCUT2D eigenvalue weighted by Crippen LogP contribution is -2.63. The van der Waals surface area contributed by atoms with Crippen molar-refractivity contribution in [2.24, 2.45) is 0 Å². The number of rotatable bonds is 2. The van der Waals surface area contributed by atoms with Gasteiger partial charge >= 0.3 is 6.03 Å². The summed E-state index contributed by atoms with van der Waals surface area (Å²) in [7, 11) is 0. The molecule has 1 unspecified atom stereocenters. The van der Waals surface area contributed by atoms with Crippen LogP contribution in [0.5, 0.6) is 0 Å². The molecule has 0 bridgehead atoms. The van der Waals surface area contributed by atoms with Crippen LogP contribution in [-0.4, -0.2) is 40.5 Å². The maximum absolute atomic E-state index is 12.6. The van der Waals surface area contributed by atoms with Gasteiger partial charge in [-0.15, -0.1) is 0 Å². The number of amides is 3. The van der Waals surface area contributed by atoms with Crippen LogP contribution in [0.3, 0.4) is 0 Å². The minimum absolute atomic E-state index is 0.00508. The quantitative estimate of drug-likeness (QED) is 0.908. The van der Waals surface area contributed by atoms with Crippen molar-refractivity contribution < 1.29 is 9.59 Å². The van der Waals surface area contributed by atoms with Gasteiger partial charge in [-0.1, -0.05) is 43.5 Å². The molecule has 0 aromatic heterocycles. The van der Waals surface area contributed by atoms with Crippen LogP contribution in [0.2, 0.25) is 0 Å². The Hall–Kier alpha value is -1.88. The van der Waals surface area contributed by atoms with Gasteiger partial charge in [-0.25, -0.2) is 4.79 Å². The highest BCUT2D eigenvalue weighted by Gasteiger charge is 2.39. The van der Waals surface area contributed by atoms with Crippen molar-refractivity contribution in [1.29, 1.82) is 0 Å². The number of carbonyl (C=O) groups is 2. The Morgan fingerprint density at radius 2 is 1.75 bits per heavy atom. The molecule has 1 N–H and O–H groups in total. The molecule has 1 aromatic carbocycles. The summed E-state index contributed by atoms with van der Waals surface area (Å²) in [6, 6.07) is 8.35. The summed E-state index contributed by atoms with van der Waals surface area (Å²) in [6.07, 6.45) is 6.58. The lowest BCUT2D eigenvalue weighted by Gasteiger charge is -2.42. The lowest BCUT2D eigenvalue weighted by atomic mass is 9.93. The molecule has 0 radical (unpaired) electrons. The topological polar surface area (TPSA) is 52.7 Å². The summed E-state index contributed by atoms with van der Waals surface area (Å²) in [5.41, 5.74) is 2.69. The zero-order chi connectivity index (χ0) is 16.5. The minimum atomic E-state index is -0.193. The zero-order valence-electron chi connectivity index (χ0n) is 14.0. The number of carbonyl (C=O) groups excluding carboxylic acids is 2. The molecule has 128 valence electrons. The molecule has 2 fully saturated rings. The van der Waals surface area contributed by atoms with Crippen molar-refractivity contribution in [3.8, 4) is 0 Å². The summed E-state index contributed by atoms with van der Waals surface area (Å²) in [4.78, 5) is 29.0. The Bertz CT molecular complexity index is 621. The predicted molar refractivity (Wildman–Crippen MR) is 91.2 cm³/mol. The Morgan fingerprint density at radius 1 is 1.00 bits per heavy atom. The highest BCUT2D eigenvalue weighted by Crippen LogP contribution is 2.27. The highest BCUT2D eigenvalue weighted by atomic mass is 16.2. The first-order valence-corrected chi connectivity index (χ1v) is 9.16. The van der Waals surface area contributed by atoms with E-state index in [1.807, 2.05) is 0 Å². The highest BCUT2D eigenvalue weighted by molar-refractivity contribution is 5.97. The summed E-state index contributed by atoms with van der Waals surface area (Å²) in [6.45, 7) is 1.69. The fourth-order valence-electron chi connectivity index (χ4n) is 4.35. The van der Waals surface area contributed by atoms with Crippen LogP contribution in [0, 0.1) is 0 Å². The van der Waals surface area contributed by atoms with Crippen molar-refractivity contribution >= 4 is 11.9 Å². The van der Waals surface area contributed by atoms with Crippen molar-refractivity contribution in [2.75, 3.05) is 6.54 Å². The smallest absolute Gasteiger partial charge is 0.322 e. The van der Waals surface area contributed by atoms with Crippen LogP contribution in [0.25, 0.3) is 0 Å². The van der Waals surface area contributed by atoms with Crippen molar-refractivity contribution in [2.45, 2.75) is 63.7 Å². The molecule has 1 aromatic rings. The van der Waals surface area contributed by atoms with E-state index >= 15 is 0 Å². The number of hydrogen-bond donors (Lipinski definition) is 1. The summed E-state index contributed by atoms with van der Waals surface area (Å²) < 4.78 is 0. The first-order valence-electron chi connectivity index (χ1n) is 9.16. The molecule has 0 spiro atoms. The Morgan fingerprint density at radius 3 is 2.50 bits per heavy atom. The normalized spacial score (nSPS) is 26.2. The fraction of sp³-hybridized carbons (Fsp3) is 0.579. The van der Waals surface area contributed by atoms with Crippen molar-refractivity contribution in [1.82, 2.24) is 15.1 Å². The minimum Gasteiger partial charge on any atom is -0.322 e. The Labute approximate surface area is 143 Å². The van der Waals surface area contributed by atoms with Gasteiger partial charge in [0, 0.05) is 19.1 Å². The molecule has 1 saturated carbocycles. The van der Waals surface area contributed by atoms with Crippen LogP contribution >= 0.6 is 0 Å². The van der Waals surface area contributed by atoms with Crippen molar-refractivity contribution in [3.63, 3.8) is 0 Å². The summed E-state index contributed by atoms with van der Waals surface area (Å²) in [5, 5.41) is 3.09. The third kappa shape index (κ3) is 2.93. The molecule has 24 heavy (non-hydrogen) atoms. The Kier molecular flexibility index (Phi) is 4.27. The Balaban J connectivity index is 1.44. The number of nitrogens with zero attached hydrogens (tertiary/aromatic N) is 2. The number of benzene rings is 1. The molecule has 1 aliphatic carbocycles. The third-order valence-electron chi connectivity index (χ3n) is 5.69. The second kappa shape index (κ2) is 6.55. The number of hydrogen-bond acceptors (Lipinski definition) is 3. The monoisotopic (exact) mass is 327 g/mol. The van der Waals surface area contributed by atoms with Gasteiger partial charge in [0.25, 0.3) is 0 Å². The van der Waals surface area contributed by atoms with E-state index in [4.69, 9.17) is 0 Å². The maximum Gasteiger partial charge on any atom is 0.325 e. The van der Waals surface area contributed by atoms with Crippen LogP contribution in [-0.2, 0) is 17.8 Å². The van der Waals surface area contributed by atoms with Gasteiger partial charge in [-0.3, -0.25) is 14.6 Å². The number of imide groups is 1. The van der Waals surface area contributed by atoms with Crippen LogP contribution in [0.1, 0.15) is 49.7 Å². The first kappa shape index (κ1) is 15.6. The summed E-state index contributed by atoms with van der Waals surface area (Å²) >= 11 is 0. The third-order valence-corrected chi connectivity index (χ3v) is 5.69. The number of urea groups is 1. The average Bonchev–Trinajstić information content (AvgIpc) is 2.61. The van der Waals surface area contributed by atoms with Gasteiger partial charge in [0.1, 0.15) is 0 Å². The van der Waals surface area contributed by atoms with E-state index in [2.05, 4.69) is 34.5 Å². The predicted octanol–water partition coefficient (Wildman–Crippen LogP) is 2.65. The zero-order valence-corrected chi connectivity index (χ0v) is 14.0. The molecule has 1 atom stereocenters. The van der Waals surface area contributed by atoms with E-state index in [9.17, 15) is 9.59 Å². The second-order valence-electron chi connectivity index (χ2n) is 7.21. The van der Waals surface area contributed by atoms with E-state index in [-0.39, 0.29) is 24.1 Å². The second-order valence-corrected chi connectivity index (χ2v) is 7.21. The van der Waals surface area contributed by atoms with E-state index in [1.54, 1.807) is 0 Å². The van der Waals surface area contributed by atoms with Crippen LogP contribution < -0.4 is 5.32 Å². The molecule has 2 heterocycles. The van der Waals surface area contributed by atoms with Crippen LogP contribution in [0.15, 0.2) is 24.3 Å². The maximum atomic E-state index is 12.6. The first-order chi connectivity index (χ1) is 11.7. The van der Waals surface area contributed by atoms with Gasteiger partial charge in [-0.2, -0.15) is 0 Å². The SMILES string of the molecule is O=C1CC(N2CCc3ccccc3C2)NC(=O)N1C1CCCCC1. The summed E-state index contributed by atoms with van der Waals surface area (Å²) in [5.74, 6) is -0.00508. The molecule has 2 aliphatic heterocycles. The lowest BCUT2D eigenvalue weighted by molar-refractivity contribution is -0.134.